The highest BCUT2D eigenvalue weighted by Gasteiger charge is 2.16. The zero-order valence-electron chi connectivity index (χ0n) is 11.5. The van der Waals surface area contributed by atoms with E-state index in [9.17, 15) is 5.11 Å². The van der Waals surface area contributed by atoms with Gasteiger partial charge in [-0.2, -0.15) is 0 Å². The Balaban J connectivity index is 2.07. The van der Waals surface area contributed by atoms with Crippen molar-refractivity contribution >= 4 is 5.82 Å². The number of hydrogen-bond donors (Lipinski definition) is 2. The van der Waals surface area contributed by atoms with Crippen molar-refractivity contribution in [3.63, 3.8) is 0 Å². The van der Waals surface area contributed by atoms with E-state index < -0.39 is 0 Å². The van der Waals surface area contributed by atoms with Gasteiger partial charge in [-0.3, -0.25) is 4.90 Å². The summed E-state index contributed by atoms with van der Waals surface area (Å²) < 4.78 is 0. The minimum absolute atomic E-state index is 0.0564. The van der Waals surface area contributed by atoms with Gasteiger partial charge in [-0.25, -0.2) is 4.98 Å². The Labute approximate surface area is 114 Å². The highest BCUT2D eigenvalue weighted by molar-refractivity contribution is 5.42. The van der Waals surface area contributed by atoms with Crippen LogP contribution in [-0.2, 0) is 6.61 Å². The number of rotatable bonds is 4. The highest BCUT2D eigenvalue weighted by atomic mass is 16.3. The van der Waals surface area contributed by atoms with Gasteiger partial charge in [0.25, 0.3) is 0 Å². The van der Waals surface area contributed by atoms with Crippen molar-refractivity contribution in [2.24, 2.45) is 0 Å². The van der Waals surface area contributed by atoms with Crippen LogP contribution in [0.15, 0.2) is 12.1 Å². The van der Waals surface area contributed by atoms with Crippen LogP contribution in [0.1, 0.15) is 17.7 Å². The molecular formula is C14H23N3O2. The molecule has 2 N–H and O–H groups in total. The van der Waals surface area contributed by atoms with Crippen molar-refractivity contribution in [2.45, 2.75) is 20.0 Å². The van der Waals surface area contributed by atoms with Crippen molar-refractivity contribution in [1.82, 2.24) is 9.88 Å². The maximum absolute atomic E-state index is 9.27. The third-order valence-corrected chi connectivity index (χ3v) is 3.51. The summed E-state index contributed by atoms with van der Waals surface area (Å²) in [7, 11) is 0. The number of aromatic nitrogens is 1. The molecule has 1 aliphatic heterocycles. The molecule has 0 atom stereocenters. The lowest BCUT2D eigenvalue weighted by Crippen LogP contribution is -2.32. The van der Waals surface area contributed by atoms with Gasteiger partial charge in [0, 0.05) is 31.9 Å². The molecule has 0 aromatic carbocycles. The molecule has 5 nitrogen and oxygen atoms in total. The van der Waals surface area contributed by atoms with Crippen LogP contribution >= 0.6 is 0 Å². The van der Waals surface area contributed by atoms with Crippen LogP contribution in [0.5, 0.6) is 0 Å². The number of aryl methyl sites for hydroxylation is 1. The van der Waals surface area contributed by atoms with Crippen LogP contribution < -0.4 is 4.90 Å². The van der Waals surface area contributed by atoms with E-state index in [-0.39, 0.29) is 13.2 Å². The number of pyridine rings is 1. The zero-order valence-corrected chi connectivity index (χ0v) is 11.5. The summed E-state index contributed by atoms with van der Waals surface area (Å²) in [6.07, 6.45) is 1.07. The Morgan fingerprint density at radius 3 is 2.74 bits per heavy atom. The predicted molar refractivity (Wildman–Crippen MR) is 75.3 cm³/mol. The fourth-order valence-corrected chi connectivity index (χ4v) is 2.54. The normalized spacial score (nSPS) is 17.5. The molecule has 1 aliphatic rings. The second-order valence-corrected chi connectivity index (χ2v) is 5.04. The first kappa shape index (κ1) is 14.2. The van der Waals surface area contributed by atoms with E-state index in [0.717, 1.165) is 56.2 Å². The summed E-state index contributed by atoms with van der Waals surface area (Å²) in [5.74, 6) is 0.954. The van der Waals surface area contributed by atoms with Crippen LogP contribution in [0.25, 0.3) is 0 Å². The average Bonchev–Trinajstić information content (AvgIpc) is 2.64. The zero-order chi connectivity index (χ0) is 13.7. The molecule has 0 spiro atoms. The lowest BCUT2D eigenvalue weighted by atomic mass is 10.2. The van der Waals surface area contributed by atoms with E-state index in [4.69, 9.17) is 5.11 Å². The van der Waals surface area contributed by atoms with E-state index in [1.54, 1.807) is 0 Å². The molecule has 106 valence electrons. The van der Waals surface area contributed by atoms with E-state index in [0.29, 0.717) is 0 Å². The number of anilines is 1. The van der Waals surface area contributed by atoms with Gasteiger partial charge in [0.2, 0.25) is 0 Å². The first-order valence-electron chi connectivity index (χ1n) is 6.89. The predicted octanol–water partition coefficient (Wildman–Crippen LogP) is 0.387. The van der Waals surface area contributed by atoms with Crippen LogP contribution in [0.3, 0.4) is 0 Å². The lowest BCUT2D eigenvalue weighted by Gasteiger charge is -2.23. The fourth-order valence-electron chi connectivity index (χ4n) is 2.54. The Bertz CT molecular complexity index is 412. The molecule has 5 heteroatoms. The minimum Gasteiger partial charge on any atom is -0.395 e. The topological polar surface area (TPSA) is 59.8 Å². The van der Waals surface area contributed by atoms with Gasteiger partial charge < -0.3 is 15.1 Å². The average molecular weight is 265 g/mol. The van der Waals surface area contributed by atoms with Gasteiger partial charge in [0.05, 0.1) is 13.2 Å². The minimum atomic E-state index is 0.0564. The molecule has 0 radical (unpaired) electrons. The van der Waals surface area contributed by atoms with Crippen molar-refractivity contribution in [2.75, 3.05) is 44.2 Å². The Hall–Kier alpha value is -1.17. The van der Waals surface area contributed by atoms with E-state index in [1.165, 1.54) is 0 Å². The molecule has 19 heavy (non-hydrogen) atoms. The van der Waals surface area contributed by atoms with Crippen LogP contribution in [-0.4, -0.2) is 59.4 Å². The van der Waals surface area contributed by atoms with E-state index >= 15 is 0 Å². The van der Waals surface area contributed by atoms with Crippen LogP contribution in [0.4, 0.5) is 5.82 Å². The molecule has 1 fully saturated rings. The largest absolute Gasteiger partial charge is 0.395 e. The van der Waals surface area contributed by atoms with Crippen molar-refractivity contribution in [3.8, 4) is 0 Å². The molecule has 0 saturated carbocycles. The molecule has 1 aromatic heterocycles. The SMILES string of the molecule is Cc1cc(CO)cc(N2CCCN(CCO)CC2)n1. The summed E-state index contributed by atoms with van der Waals surface area (Å²) in [5.41, 5.74) is 1.86. The number of hydrogen-bond acceptors (Lipinski definition) is 5. The second-order valence-electron chi connectivity index (χ2n) is 5.04. The first-order chi connectivity index (χ1) is 9.22. The van der Waals surface area contributed by atoms with Crippen molar-refractivity contribution < 1.29 is 10.2 Å². The van der Waals surface area contributed by atoms with Gasteiger partial charge in [-0.1, -0.05) is 0 Å². The van der Waals surface area contributed by atoms with Crippen molar-refractivity contribution in [1.29, 1.82) is 0 Å². The molecule has 0 amide bonds. The molecular weight excluding hydrogens is 242 g/mol. The van der Waals surface area contributed by atoms with Crippen molar-refractivity contribution in [3.05, 3.63) is 23.4 Å². The van der Waals surface area contributed by atoms with Gasteiger partial charge in [-0.05, 0) is 37.6 Å². The molecule has 2 rings (SSSR count). The Kier molecular flexibility index (Phi) is 5.13. The maximum atomic E-state index is 9.27. The molecule has 0 aliphatic carbocycles. The summed E-state index contributed by atoms with van der Waals surface area (Å²) in [6.45, 7) is 6.85. The van der Waals surface area contributed by atoms with Crippen LogP contribution in [0.2, 0.25) is 0 Å². The number of aliphatic hydroxyl groups is 2. The molecule has 0 bridgehead atoms. The summed E-state index contributed by atoms with van der Waals surface area (Å²) in [5, 5.41) is 18.3. The third-order valence-electron chi connectivity index (χ3n) is 3.51. The summed E-state index contributed by atoms with van der Waals surface area (Å²) in [4.78, 5) is 9.11. The Morgan fingerprint density at radius 2 is 2.00 bits per heavy atom. The third kappa shape index (κ3) is 3.89. The van der Waals surface area contributed by atoms with Crippen LogP contribution in [0, 0.1) is 6.92 Å². The molecule has 0 unspecified atom stereocenters. The molecule has 1 aromatic rings. The maximum Gasteiger partial charge on any atom is 0.129 e. The first-order valence-corrected chi connectivity index (χ1v) is 6.89. The van der Waals surface area contributed by atoms with E-state index in [1.807, 2.05) is 19.1 Å². The summed E-state index contributed by atoms with van der Waals surface area (Å²) >= 11 is 0. The van der Waals surface area contributed by atoms with Gasteiger partial charge in [0.15, 0.2) is 0 Å². The van der Waals surface area contributed by atoms with Gasteiger partial charge in [-0.15, -0.1) is 0 Å². The number of β-amino-alcohol motifs (C(OH)–C–C–N with tert-alkyl or cyclic N) is 1. The smallest absolute Gasteiger partial charge is 0.129 e. The quantitative estimate of drug-likeness (QED) is 0.824. The fraction of sp³-hybridized carbons (Fsp3) is 0.643. The molecule has 2 heterocycles. The highest BCUT2D eigenvalue weighted by Crippen LogP contribution is 2.17. The lowest BCUT2D eigenvalue weighted by molar-refractivity contribution is 0.204. The molecule has 1 saturated heterocycles. The van der Waals surface area contributed by atoms with E-state index in [2.05, 4.69) is 14.8 Å². The standard InChI is InChI=1S/C14H23N3O2/c1-12-9-13(11-19)10-14(15-12)17-4-2-3-16(5-6-17)7-8-18/h9-10,18-19H,2-8,11H2,1H3. The number of nitrogens with zero attached hydrogens (tertiary/aromatic N) is 3. The summed E-state index contributed by atoms with van der Waals surface area (Å²) in [6, 6.07) is 3.88. The number of aliphatic hydroxyl groups excluding tert-OH is 2. The second kappa shape index (κ2) is 6.84. The Morgan fingerprint density at radius 1 is 1.16 bits per heavy atom. The van der Waals surface area contributed by atoms with Gasteiger partial charge in [0.1, 0.15) is 5.82 Å². The monoisotopic (exact) mass is 265 g/mol. The van der Waals surface area contributed by atoms with Gasteiger partial charge >= 0.3 is 0 Å².